The number of carbonyl (C=O) groups is 1. The SMILES string of the molecule is CCCCN(C)CC(=O)N1CCN(Cc2ccccc2)CC1. The van der Waals surface area contributed by atoms with E-state index in [0.29, 0.717) is 6.54 Å². The Balaban J connectivity index is 1.71. The standard InChI is InChI=1S/C18H29N3O/c1-3-4-10-19(2)16-18(22)21-13-11-20(12-14-21)15-17-8-6-5-7-9-17/h5-9H,3-4,10-16H2,1-2H3. The first-order valence-electron chi connectivity index (χ1n) is 8.41. The first kappa shape index (κ1) is 17.0. The fourth-order valence-electron chi connectivity index (χ4n) is 2.83. The molecule has 0 radical (unpaired) electrons. The van der Waals surface area contributed by atoms with Gasteiger partial charge in [0.1, 0.15) is 0 Å². The lowest BCUT2D eigenvalue weighted by atomic mass is 10.2. The van der Waals surface area contributed by atoms with E-state index in [2.05, 4.69) is 47.1 Å². The average Bonchev–Trinajstić information content (AvgIpc) is 2.54. The number of nitrogens with zero attached hydrogens (tertiary/aromatic N) is 3. The van der Waals surface area contributed by atoms with Crippen LogP contribution in [0.4, 0.5) is 0 Å². The normalized spacial score (nSPS) is 16.2. The van der Waals surface area contributed by atoms with Gasteiger partial charge in [-0.15, -0.1) is 0 Å². The summed E-state index contributed by atoms with van der Waals surface area (Å²) >= 11 is 0. The molecule has 1 fully saturated rings. The van der Waals surface area contributed by atoms with Crippen LogP contribution < -0.4 is 0 Å². The van der Waals surface area contributed by atoms with Gasteiger partial charge in [0.25, 0.3) is 0 Å². The molecule has 0 N–H and O–H groups in total. The van der Waals surface area contributed by atoms with Crippen molar-refractivity contribution in [1.29, 1.82) is 0 Å². The Morgan fingerprint density at radius 2 is 1.82 bits per heavy atom. The summed E-state index contributed by atoms with van der Waals surface area (Å²) in [6.45, 7) is 8.38. The van der Waals surface area contributed by atoms with Crippen molar-refractivity contribution < 1.29 is 4.79 Å². The average molecular weight is 303 g/mol. The molecule has 1 saturated heterocycles. The number of unbranched alkanes of at least 4 members (excludes halogenated alkanes) is 1. The number of carbonyl (C=O) groups excluding carboxylic acids is 1. The summed E-state index contributed by atoms with van der Waals surface area (Å²) in [5, 5.41) is 0. The van der Waals surface area contributed by atoms with Crippen molar-refractivity contribution in [3.8, 4) is 0 Å². The van der Waals surface area contributed by atoms with Crippen LogP contribution in [-0.4, -0.2) is 66.9 Å². The van der Waals surface area contributed by atoms with Crippen molar-refractivity contribution in [2.24, 2.45) is 0 Å². The Labute approximate surface area is 134 Å². The Kier molecular flexibility index (Phi) is 6.87. The topological polar surface area (TPSA) is 26.8 Å². The molecule has 0 saturated carbocycles. The molecule has 1 aliphatic heterocycles. The number of hydrogen-bond acceptors (Lipinski definition) is 3. The van der Waals surface area contributed by atoms with E-state index in [0.717, 1.165) is 45.7 Å². The number of likely N-dealkylation sites (N-methyl/N-ethyl adjacent to an activating group) is 1. The number of benzene rings is 1. The quantitative estimate of drug-likeness (QED) is 0.771. The lowest BCUT2D eigenvalue weighted by molar-refractivity contribution is -0.133. The molecule has 4 nitrogen and oxygen atoms in total. The van der Waals surface area contributed by atoms with Crippen LogP contribution in [0.3, 0.4) is 0 Å². The molecular formula is C18H29N3O. The van der Waals surface area contributed by atoms with Gasteiger partial charge in [-0.2, -0.15) is 0 Å². The minimum absolute atomic E-state index is 0.276. The Bertz CT molecular complexity index is 441. The van der Waals surface area contributed by atoms with E-state index in [1.807, 2.05) is 11.9 Å². The second-order valence-corrected chi connectivity index (χ2v) is 6.23. The van der Waals surface area contributed by atoms with Crippen molar-refractivity contribution in [3.05, 3.63) is 35.9 Å². The first-order valence-corrected chi connectivity index (χ1v) is 8.41. The molecule has 1 amide bonds. The minimum Gasteiger partial charge on any atom is -0.339 e. The molecule has 1 aromatic rings. The van der Waals surface area contributed by atoms with E-state index < -0.39 is 0 Å². The summed E-state index contributed by atoms with van der Waals surface area (Å²) in [6, 6.07) is 10.6. The summed E-state index contributed by atoms with van der Waals surface area (Å²) in [5.74, 6) is 0.276. The van der Waals surface area contributed by atoms with Gasteiger partial charge in [0.05, 0.1) is 6.54 Å². The summed E-state index contributed by atoms with van der Waals surface area (Å²) in [5.41, 5.74) is 1.35. The van der Waals surface area contributed by atoms with E-state index in [1.165, 1.54) is 12.0 Å². The number of amides is 1. The van der Waals surface area contributed by atoms with E-state index in [9.17, 15) is 4.79 Å². The minimum atomic E-state index is 0.276. The number of hydrogen-bond donors (Lipinski definition) is 0. The molecule has 0 aliphatic carbocycles. The monoisotopic (exact) mass is 303 g/mol. The molecule has 0 unspecified atom stereocenters. The van der Waals surface area contributed by atoms with Gasteiger partial charge in [0, 0.05) is 32.7 Å². The van der Waals surface area contributed by atoms with Crippen molar-refractivity contribution in [1.82, 2.24) is 14.7 Å². The second-order valence-electron chi connectivity index (χ2n) is 6.23. The molecule has 1 heterocycles. The molecule has 4 heteroatoms. The third-order valence-corrected chi connectivity index (χ3v) is 4.27. The van der Waals surface area contributed by atoms with Gasteiger partial charge in [-0.05, 0) is 25.6 Å². The largest absolute Gasteiger partial charge is 0.339 e. The smallest absolute Gasteiger partial charge is 0.236 e. The van der Waals surface area contributed by atoms with Gasteiger partial charge in [-0.3, -0.25) is 14.6 Å². The highest BCUT2D eigenvalue weighted by atomic mass is 16.2. The van der Waals surface area contributed by atoms with Crippen LogP contribution in [0.5, 0.6) is 0 Å². The molecular weight excluding hydrogens is 274 g/mol. The zero-order valence-electron chi connectivity index (χ0n) is 14.0. The molecule has 122 valence electrons. The fraction of sp³-hybridized carbons (Fsp3) is 0.611. The molecule has 0 spiro atoms. The summed E-state index contributed by atoms with van der Waals surface area (Å²) in [4.78, 5) is 18.9. The van der Waals surface area contributed by atoms with Crippen molar-refractivity contribution >= 4 is 5.91 Å². The van der Waals surface area contributed by atoms with Gasteiger partial charge in [-0.1, -0.05) is 43.7 Å². The van der Waals surface area contributed by atoms with Crippen LogP contribution in [0.1, 0.15) is 25.3 Å². The zero-order valence-corrected chi connectivity index (χ0v) is 14.0. The van der Waals surface area contributed by atoms with Crippen molar-refractivity contribution in [3.63, 3.8) is 0 Å². The molecule has 1 aromatic carbocycles. The first-order chi connectivity index (χ1) is 10.7. The van der Waals surface area contributed by atoms with E-state index >= 15 is 0 Å². The fourth-order valence-corrected chi connectivity index (χ4v) is 2.83. The summed E-state index contributed by atoms with van der Waals surface area (Å²) in [7, 11) is 2.04. The highest BCUT2D eigenvalue weighted by Gasteiger charge is 2.21. The van der Waals surface area contributed by atoms with E-state index in [1.54, 1.807) is 0 Å². The maximum atomic E-state index is 12.3. The highest BCUT2D eigenvalue weighted by Crippen LogP contribution is 2.08. The molecule has 0 atom stereocenters. The van der Waals surface area contributed by atoms with Gasteiger partial charge in [0.15, 0.2) is 0 Å². The van der Waals surface area contributed by atoms with Crippen LogP contribution in [0.15, 0.2) is 30.3 Å². The van der Waals surface area contributed by atoms with Gasteiger partial charge < -0.3 is 4.90 Å². The van der Waals surface area contributed by atoms with Gasteiger partial charge in [0.2, 0.25) is 5.91 Å². The molecule has 0 aromatic heterocycles. The highest BCUT2D eigenvalue weighted by molar-refractivity contribution is 5.78. The van der Waals surface area contributed by atoms with Gasteiger partial charge >= 0.3 is 0 Å². The predicted octanol–water partition coefficient (Wildman–Crippen LogP) is 2.06. The molecule has 22 heavy (non-hydrogen) atoms. The molecule has 2 rings (SSSR count). The van der Waals surface area contributed by atoms with E-state index in [-0.39, 0.29) is 5.91 Å². The molecule has 0 bridgehead atoms. The van der Waals surface area contributed by atoms with Crippen LogP contribution in [0, 0.1) is 0 Å². The summed E-state index contributed by atoms with van der Waals surface area (Å²) in [6.07, 6.45) is 2.34. The van der Waals surface area contributed by atoms with Crippen molar-refractivity contribution in [2.45, 2.75) is 26.3 Å². The second kappa shape index (κ2) is 8.91. The lowest BCUT2D eigenvalue weighted by Gasteiger charge is -2.35. The summed E-state index contributed by atoms with van der Waals surface area (Å²) < 4.78 is 0. The lowest BCUT2D eigenvalue weighted by Crippen LogP contribution is -2.50. The maximum absolute atomic E-state index is 12.3. The Hall–Kier alpha value is -1.39. The predicted molar refractivity (Wildman–Crippen MR) is 90.7 cm³/mol. The Morgan fingerprint density at radius 1 is 1.14 bits per heavy atom. The maximum Gasteiger partial charge on any atom is 0.236 e. The molecule has 1 aliphatic rings. The van der Waals surface area contributed by atoms with Crippen LogP contribution in [0.25, 0.3) is 0 Å². The number of piperazine rings is 1. The van der Waals surface area contributed by atoms with Crippen LogP contribution in [-0.2, 0) is 11.3 Å². The third-order valence-electron chi connectivity index (χ3n) is 4.27. The van der Waals surface area contributed by atoms with Crippen molar-refractivity contribution in [2.75, 3.05) is 46.3 Å². The van der Waals surface area contributed by atoms with E-state index in [4.69, 9.17) is 0 Å². The zero-order chi connectivity index (χ0) is 15.8. The van der Waals surface area contributed by atoms with Crippen LogP contribution in [0.2, 0.25) is 0 Å². The Morgan fingerprint density at radius 3 is 2.45 bits per heavy atom. The number of rotatable bonds is 7. The van der Waals surface area contributed by atoms with Gasteiger partial charge in [-0.25, -0.2) is 0 Å². The third kappa shape index (κ3) is 5.43. The van der Waals surface area contributed by atoms with Crippen LogP contribution >= 0.6 is 0 Å².